The number of amides is 1. The van der Waals surface area contributed by atoms with Crippen LogP contribution in [-0.2, 0) is 17.6 Å². The molecule has 0 bridgehead atoms. The highest BCUT2D eigenvalue weighted by Gasteiger charge is 2.32. The molecule has 2 aromatic carbocycles. The molecular weight excluding hydrogens is 324 g/mol. The summed E-state index contributed by atoms with van der Waals surface area (Å²) in [6.07, 6.45) is 2.91. The molecule has 0 radical (unpaired) electrons. The number of hydrogen-bond acceptors (Lipinski definition) is 3. The molecule has 1 aliphatic rings. The number of anilines is 1. The van der Waals surface area contributed by atoms with Gasteiger partial charge in [0.25, 0.3) is 0 Å². The van der Waals surface area contributed by atoms with Crippen molar-refractivity contribution < 1.29 is 9.21 Å². The molecule has 0 saturated carbocycles. The van der Waals surface area contributed by atoms with Crippen LogP contribution in [0.5, 0.6) is 0 Å². The minimum absolute atomic E-state index is 0.0835. The van der Waals surface area contributed by atoms with E-state index in [1.165, 1.54) is 5.56 Å². The number of halogens is 1. The number of aromatic nitrogens is 1. The molecule has 0 fully saturated rings. The lowest BCUT2D eigenvalue weighted by Gasteiger charge is -2.28. The number of carbonyl (C=O) groups excluding carboxylic acids is 1. The first-order chi connectivity index (χ1) is 11.7. The monoisotopic (exact) mass is 338 g/mol. The van der Waals surface area contributed by atoms with E-state index in [1.807, 2.05) is 48.5 Å². The lowest BCUT2D eigenvalue weighted by atomic mass is 9.77. The van der Waals surface area contributed by atoms with Crippen molar-refractivity contribution in [1.82, 2.24) is 4.98 Å². The number of hydrogen-bond donors (Lipinski definition) is 1. The summed E-state index contributed by atoms with van der Waals surface area (Å²) in [4.78, 5) is 16.5. The standard InChI is InChI=1S/C19H15ClN2O2/c20-17-8-4-2-6-13(17)9-14-11-21-19(24-14)22-18(23)16-10-12-5-1-3-7-15(12)16/h1-8,11,16H,9-10H2,(H,21,22,23). The van der Waals surface area contributed by atoms with Crippen LogP contribution in [0, 0.1) is 0 Å². The zero-order valence-corrected chi connectivity index (χ0v) is 13.6. The fourth-order valence-corrected chi connectivity index (χ4v) is 3.16. The highest BCUT2D eigenvalue weighted by atomic mass is 35.5. The smallest absolute Gasteiger partial charge is 0.301 e. The Hall–Kier alpha value is -2.59. The lowest BCUT2D eigenvalue weighted by molar-refractivity contribution is -0.118. The van der Waals surface area contributed by atoms with Gasteiger partial charge in [-0.25, -0.2) is 4.98 Å². The topological polar surface area (TPSA) is 55.1 Å². The maximum atomic E-state index is 12.3. The van der Waals surface area contributed by atoms with E-state index in [-0.39, 0.29) is 17.8 Å². The van der Waals surface area contributed by atoms with Crippen molar-refractivity contribution in [2.24, 2.45) is 0 Å². The van der Waals surface area contributed by atoms with Gasteiger partial charge in [0.05, 0.1) is 12.1 Å². The minimum Gasteiger partial charge on any atom is -0.428 e. The van der Waals surface area contributed by atoms with Gasteiger partial charge in [-0.3, -0.25) is 10.1 Å². The summed E-state index contributed by atoms with van der Waals surface area (Å²) < 4.78 is 5.62. The second kappa shape index (κ2) is 6.13. The second-order valence-electron chi connectivity index (χ2n) is 5.84. The molecule has 4 rings (SSSR count). The Kier molecular flexibility index (Phi) is 3.82. The van der Waals surface area contributed by atoms with E-state index < -0.39 is 0 Å². The molecule has 0 spiro atoms. The van der Waals surface area contributed by atoms with Crippen LogP contribution < -0.4 is 5.32 Å². The third-order valence-corrected chi connectivity index (χ3v) is 4.65. The number of fused-ring (bicyclic) bond motifs is 1. The summed E-state index contributed by atoms with van der Waals surface area (Å²) in [7, 11) is 0. The molecular formula is C19H15ClN2O2. The molecule has 1 amide bonds. The Morgan fingerprint density at radius 1 is 1.21 bits per heavy atom. The Labute approximate surface area is 144 Å². The van der Waals surface area contributed by atoms with Crippen LogP contribution in [0.15, 0.2) is 59.1 Å². The average molecular weight is 339 g/mol. The first kappa shape index (κ1) is 15.0. The van der Waals surface area contributed by atoms with Crippen molar-refractivity contribution >= 4 is 23.5 Å². The Bertz CT molecular complexity index is 904. The van der Waals surface area contributed by atoms with Crippen molar-refractivity contribution in [3.05, 3.63) is 82.2 Å². The summed E-state index contributed by atoms with van der Waals surface area (Å²) in [6, 6.07) is 15.8. The zero-order chi connectivity index (χ0) is 16.5. The minimum atomic E-state index is -0.125. The molecule has 0 saturated heterocycles. The van der Waals surface area contributed by atoms with E-state index in [2.05, 4.69) is 10.3 Å². The van der Waals surface area contributed by atoms with Crippen LogP contribution in [0.3, 0.4) is 0 Å². The molecule has 1 heterocycles. The normalized spacial score (nSPS) is 15.5. The van der Waals surface area contributed by atoms with Crippen LogP contribution in [0.1, 0.15) is 28.4 Å². The highest BCUT2D eigenvalue weighted by Crippen LogP contribution is 2.35. The van der Waals surface area contributed by atoms with Crippen LogP contribution in [0.4, 0.5) is 6.01 Å². The van der Waals surface area contributed by atoms with E-state index in [0.29, 0.717) is 17.2 Å². The number of oxazole rings is 1. The third-order valence-electron chi connectivity index (χ3n) is 4.28. The zero-order valence-electron chi connectivity index (χ0n) is 12.8. The number of nitrogens with zero attached hydrogens (tertiary/aromatic N) is 1. The Morgan fingerprint density at radius 2 is 2.00 bits per heavy atom. The molecule has 0 aliphatic heterocycles. The average Bonchev–Trinajstić information content (AvgIpc) is 2.98. The van der Waals surface area contributed by atoms with Crippen LogP contribution in [0.25, 0.3) is 0 Å². The quantitative estimate of drug-likeness (QED) is 0.775. The van der Waals surface area contributed by atoms with Gasteiger partial charge in [-0.1, -0.05) is 54.1 Å². The predicted octanol–water partition coefficient (Wildman–Crippen LogP) is 4.20. The van der Waals surface area contributed by atoms with Crippen LogP contribution in [0.2, 0.25) is 5.02 Å². The van der Waals surface area contributed by atoms with Crippen LogP contribution >= 0.6 is 11.6 Å². The molecule has 120 valence electrons. The van der Waals surface area contributed by atoms with Crippen molar-refractivity contribution in [1.29, 1.82) is 0 Å². The molecule has 5 heteroatoms. The summed E-state index contributed by atoms with van der Waals surface area (Å²) in [5.41, 5.74) is 3.27. The molecule has 1 atom stereocenters. The van der Waals surface area contributed by atoms with Crippen molar-refractivity contribution in [3.8, 4) is 0 Å². The van der Waals surface area contributed by atoms with Gasteiger partial charge in [-0.15, -0.1) is 0 Å². The van der Waals surface area contributed by atoms with Crippen molar-refractivity contribution in [2.75, 3.05) is 5.32 Å². The SMILES string of the molecule is O=C(Nc1ncc(Cc2ccccc2Cl)o1)C1Cc2ccccc21. The van der Waals surface area contributed by atoms with Gasteiger partial charge in [-0.05, 0) is 29.2 Å². The van der Waals surface area contributed by atoms with E-state index in [1.54, 1.807) is 6.20 Å². The maximum Gasteiger partial charge on any atom is 0.301 e. The van der Waals surface area contributed by atoms with Gasteiger partial charge in [0.2, 0.25) is 5.91 Å². The lowest BCUT2D eigenvalue weighted by Crippen LogP contribution is -2.30. The van der Waals surface area contributed by atoms with E-state index in [9.17, 15) is 4.79 Å². The van der Waals surface area contributed by atoms with Gasteiger partial charge in [0.1, 0.15) is 5.76 Å². The summed E-state index contributed by atoms with van der Waals surface area (Å²) in [5.74, 6) is 0.451. The van der Waals surface area contributed by atoms with Gasteiger partial charge in [0, 0.05) is 11.4 Å². The number of carbonyl (C=O) groups is 1. The van der Waals surface area contributed by atoms with Crippen molar-refractivity contribution in [3.63, 3.8) is 0 Å². The summed E-state index contributed by atoms with van der Waals surface area (Å²) >= 11 is 6.15. The van der Waals surface area contributed by atoms with Gasteiger partial charge >= 0.3 is 6.01 Å². The highest BCUT2D eigenvalue weighted by molar-refractivity contribution is 6.31. The van der Waals surface area contributed by atoms with Crippen molar-refractivity contribution in [2.45, 2.75) is 18.8 Å². The summed E-state index contributed by atoms with van der Waals surface area (Å²) in [6.45, 7) is 0. The van der Waals surface area contributed by atoms with E-state index in [4.69, 9.17) is 16.0 Å². The fraction of sp³-hybridized carbons (Fsp3) is 0.158. The number of rotatable bonds is 4. The van der Waals surface area contributed by atoms with Crippen LogP contribution in [-0.4, -0.2) is 10.9 Å². The van der Waals surface area contributed by atoms with E-state index >= 15 is 0 Å². The molecule has 1 aromatic heterocycles. The maximum absolute atomic E-state index is 12.3. The molecule has 24 heavy (non-hydrogen) atoms. The first-order valence-electron chi connectivity index (χ1n) is 7.77. The Balaban J connectivity index is 1.43. The molecule has 1 unspecified atom stereocenters. The van der Waals surface area contributed by atoms with Gasteiger partial charge in [0.15, 0.2) is 0 Å². The largest absolute Gasteiger partial charge is 0.428 e. The van der Waals surface area contributed by atoms with Gasteiger partial charge < -0.3 is 4.42 Å². The predicted molar refractivity (Wildman–Crippen MR) is 92.3 cm³/mol. The molecule has 4 nitrogen and oxygen atoms in total. The number of nitrogens with one attached hydrogen (secondary N) is 1. The molecule has 1 aliphatic carbocycles. The van der Waals surface area contributed by atoms with Gasteiger partial charge in [-0.2, -0.15) is 0 Å². The fourth-order valence-electron chi connectivity index (χ4n) is 2.96. The number of benzene rings is 2. The molecule has 1 N–H and O–H groups in total. The summed E-state index contributed by atoms with van der Waals surface area (Å²) in [5, 5.41) is 3.44. The van der Waals surface area contributed by atoms with E-state index in [0.717, 1.165) is 17.5 Å². The third kappa shape index (κ3) is 2.81. The molecule has 3 aromatic rings. The first-order valence-corrected chi connectivity index (χ1v) is 8.15. The second-order valence-corrected chi connectivity index (χ2v) is 6.25. The Morgan fingerprint density at radius 3 is 2.83 bits per heavy atom.